The van der Waals surface area contributed by atoms with Crippen molar-refractivity contribution in [3.05, 3.63) is 71.8 Å². The van der Waals surface area contributed by atoms with Gasteiger partial charge in [0.1, 0.15) is 17.6 Å². The maximum Gasteiger partial charge on any atom is 0.416 e. The summed E-state index contributed by atoms with van der Waals surface area (Å²) < 4.78 is 107. The lowest BCUT2D eigenvalue weighted by atomic mass is 9.78. The first kappa shape index (κ1) is 30.2. The number of benzene rings is 3. The van der Waals surface area contributed by atoms with Crippen LogP contribution in [0.3, 0.4) is 0 Å². The second-order valence-electron chi connectivity index (χ2n) is 11.9. The van der Waals surface area contributed by atoms with E-state index in [9.17, 15) is 40.3 Å². The van der Waals surface area contributed by atoms with Gasteiger partial charge in [-0.15, -0.1) is 0 Å². The van der Waals surface area contributed by atoms with Crippen LogP contribution in [-0.4, -0.2) is 38.8 Å². The molecule has 1 aliphatic heterocycles. The predicted molar refractivity (Wildman–Crippen MR) is 149 cm³/mol. The van der Waals surface area contributed by atoms with Gasteiger partial charge in [0.2, 0.25) is 0 Å². The minimum atomic E-state index is -4.78. The zero-order chi connectivity index (χ0) is 31.7. The summed E-state index contributed by atoms with van der Waals surface area (Å²) in [6, 6.07) is 12.6. The fraction of sp³-hybridized carbons (Fsp3) is 0.387. The molecule has 234 valence electrons. The number of carboxylic acids is 1. The molecule has 0 unspecified atom stereocenters. The van der Waals surface area contributed by atoms with Crippen LogP contribution in [0.5, 0.6) is 11.5 Å². The molecular weight excluding hydrogens is 609 g/mol. The summed E-state index contributed by atoms with van der Waals surface area (Å²) in [6.07, 6.45) is -3.37. The van der Waals surface area contributed by atoms with Crippen LogP contribution in [0.2, 0.25) is 0 Å². The Labute approximate surface area is 250 Å². The summed E-state index contributed by atoms with van der Waals surface area (Å²) >= 11 is 0. The zero-order valence-electron chi connectivity index (χ0n) is 23.4. The first-order valence-corrected chi connectivity index (χ1v) is 15.4. The molecule has 2 bridgehead atoms. The monoisotopic (exact) mass is 637 g/mol. The molecule has 3 aliphatic rings. The van der Waals surface area contributed by atoms with Gasteiger partial charge in [0.15, 0.2) is 0 Å². The molecule has 0 spiro atoms. The third-order valence-corrected chi connectivity index (χ3v) is 11.0. The smallest absolute Gasteiger partial charge is 0.416 e. The van der Waals surface area contributed by atoms with Crippen LogP contribution in [0, 0.1) is 17.8 Å². The highest BCUT2D eigenvalue weighted by Gasteiger charge is 2.62. The van der Waals surface area contributed by atoms with E-state index in [-0.39, 0.29) is 23.7 Å². The Morgan fingerprint density at radius 3 is 2.39 bits per heavy atom. The number of carboxylic acid groups (broad SMARTS) is 1. The number of nitrogens with zero attached hydrogens (tertiary/aromatic N) is 1. The molecule has 1 heterocycles. The normalized spacial score (nSPS) is 24.7. The number of hydrogen-bond donors (Lipinski definition) is 1. The van der Waals surface area contributed by atoms with Crippen molar-refractivity contribution >= 4 is 21.7 Å². The van der Waals surface area contributed by atoms with Crippen LogP contribution in [0.25, 0.3) is 11.1 Å². The summed E-state index contributed by atoms with van der Waals surface area (Å²) in [5.74, 6) is -0.841. The van der Waals surface area contributed by atoms with Crippen LogP contribution < -0.4 is 13.8 Å². The summed E-state index contributed by atoms with van der Waals surface area (Å²) in [5.41, 5.74) is -1.13. The summed E-state index contributed by atoms with van der Waals surface area (Å²) in [5, 5.41) is 9.92. The van der Waals surface area contributed by atoms with Crippen LogP contribution in [-0.2, 0) is 21.0 Å². The largest absolute Gasteiger partial charge is 0.486 e. The van der Waals surface area contributed by atoms with Crippen LogP contribution in [0.1, 0.15) is 43.2 Å². The molecule has 13 heteroatoms. The van der Waals surface area contributed by atoms with E-state index in [0.29, 0.717) is 54.9 Å². The average Bonchev–Trinajstić information content (AvgIpc) is 3.55. The van der Waals surface area contributed by atoms with Crippen molar-refractivity contribution in [2.24, 2.45) is 10.8 Å². The zero-order valence-corrected chi connectivity index (χ0v) is 24.2. The van der Waals surface area contributed by atoms with E-state index in [1.54, 1.807) is 19.1 Å². The number of aryl methyl sites for hydroxylation is 1. The Morgan fingerprint density at radius 1 is 1.02 bits per heavy atom. The first-order chi connectivity index (χ1) is 20.6. The Hall–Kier alpha value is -3.87. The Kier molecular flexibility index (Phi) is 7.10. The minimum absolute atomic E-state index is 0.0610. The number of hydrogen-bond acceptors (Lipinski definition) is 5. The fourth-order valence-corrected chi connectivity index (χ4v) is 8.52. The molecule has 7 nitrogen and oxygen atoms in total. The standard InChI is InChI=1S/C31H28F5NO6S/c1-18-11-20(13-22(12-18)42-28(32)33)19-5-6-25-24(14-19)37(44(40,41)23-4-2-3-21(15-23)31(34,35)36)16-26(43-25)29-7-9-30(17-29,10-8-29)27(38)39/h2-6,11-15,26,28H,7-10,16-17H2,1H3,(H,38,39)/t26-,29?,30?/m1/s1. The molecule has 0 amide bonds. The van der Waals surface area contributed by atoms with Crippen LogP contribution in [0.15, 0.2) is 65.6 Å². The molecule has 0 radical (unpaired) electrons. The minimum Gasteiger partial charge on any atom is -0.486 e. The van der Waals surface area contributed by atoms with Crippen LogP contribution in [0.4, 0.5) is 27.6 Å². The van der Waals surface area contributed by atoms with Gasteiger partial charge in [-0.1, -0.05) is 18.2 Å². The number of sulfonamides is 1. The van der Waals surface area contributed by atoms with Crippen LogP contribution >= 0.6 is 0 Å². The highest BCUT2D eigenvalue weighted by molar-refractivity contribution is 7.92. The van der Waals surface area contributed by atoms with E-state index in [2.05, 4.69) is 4.74 Å². The number of alkyl halides is 5. The van der Waals surface area contributed by atoms with Crippen molar-refractivity contribution in [2.45, 2.75) is 62.8 Å². The summed E-state index contributed by atoms with van der Waals surface area (Å²) in [7, 11) is -4.59. The number of carbonyl (C=O) groups is 1. The maximum absolute atomic E-state index is 14.1. The van der Waals surface area contributed by atoms with Crippen molar-refractivity contribution in [1.82, 2.24) is 0 Å². The Balaban J connectivity index is 1.46. The number of aliphatic carboxylic acids is 1. The molecule has 2 aliphatic carbocycles. The van der Waals surface area contributed by atoms with Gasteiger partial charge < -0.3 is 14.6 Å². The topological polar surface area (TPSA) is 93.1 Å². The molecule has 1 atom stereocenters. The van der Waals surface area contributed by atoms with Gasteiger partial charge in [0, 0.05) is 5.41 Å². The molecule has 2 fully saturated rings. The third-order valence-electron chi connectivity index (χ3n) is 9.22. The molecule has 2 saturated carbocycles. The second-order valence-corrected chi connectivity index (χ2v) is 13.8. The maximum atomic E-state index is 14.1. The van der Waals surface area contributed by atoms with E-state index in [1.165, 1.54) is 24.3 Å². The number of rotatable bonds is 7. The first-order valence-electron chi connectivity index (χ1n) is 13.9. The Morgan fingerprint density at radius 2 is 1.75 bits per heavy atom. The number of ether oxygens (including phenoxy) is 2. The highest BCUT2D eigenvalue weighted by Crippen LogP contribution is 2.64. The average molecular weight is 638 g/mol. The van der Waals surface area contributed by atoms with Crippen molar-refractivity contribution in [3.8, 4) is 22.6 Å². The molecule has 44 heavy (non-hydrogen) atoms. The molecular formula is C31H28F5NO6S. The molecule has 1 N–H and O–H groups in total. The van der Waals surface area contributed by atoms with E-state index >= 15 is 0 Å². The number of anilines is 1. The Bertz CT molecular complexity index is 1730. The molecule has 6 rings (SSSR count). The molecule has 3 aromatic carbocycles. The van der Waals surface area contributed by atoms with Gasteiger partial charge in [-0.05, 0) is 98.2 Å². The van der Waals surface area contributed by atoms with Crippen molar-refractivity contribution in [1.29, 1.82) is 0 Å². The van der Waals surface area contributed by atoms with Crippen molar-refractivity contribution in [3.63, 3.8) is 0 Å². The molecule has 0 saturated heterocycles. The van der Waals surface area contributed by atoms with E-state index in [4.69, 9.17) is 4.74 Å². The predicted octanol–water partition coefficient (Wildman–Crippen LogP) is 7.27. The van der Waals surface area contributed by atoms with E-state index < -0.39 is 56.2 Å². The summed E-state index contributed by atoms with van der Waals surface area (Å²) in [4.78, 5) is 11.5. The van der Waals surface area contributed by atoms with Gasteiger partial charge in [-0.2, -0.15) is 22.0 Å². The van der Waals surface area contributed by atoms with Gasteiger partial charge >= 0.3 is 18.8 Å². The fourth-order valence-electron chi connectivity index (χ4n) is 7.00. The van der Waals surface area contributed by atoms with Gasteiger partial charge in [-0.25, -0.2) is 8.42 Å². The van der Waals surface area contributed by atoms with Gasteiger partial charge in [0.25, 0.3) is 10.0 Å². The quantitative estimate of drug-likeness (QED) is 0.274. The molecule has 0 aromatic heterocycles. The lowest BCUT2D eigenvalue weighted by Gasteiger charge is -2.43. The SMILES string of the molecule is Cc1cc(OC(F)F)cc(-c2ccc3c(c2)N(S(=O)(=O)c2cccc(C(F)(F)F)c2)C[C@H](C24CCC(C(=O)O)(CC2)C4)O3)c1. The second kappa shape index (κ2) is 10.4. The summed E-state index contributed by atoms with van der Waals surface area (Å²) in [6.45, 7) is -1.63. The number of fused-ring (bicyclic) bond motifs is 3. The van der Waals surface area contributed by atoms with Crippen molar-refractivity contribution < 1.29 is 49.7 Å². The lowest BCUT2D eigenvalue weighted by Crippen LogP contribution is -2.50. The lowest BCUT2D eigenvalue weighted by molar-refractivity contribution is -0.148. The van der Waals surface area contributed by atoms with E-state index in [1.807, 2.05) is 0 Å². The van der Waals surface area contributed by atoms with Crippen molar-refractivity contribution in [2.75, 3.05) is 10.8 Å². The highest BCUT2D eigenvalue weighted by atomic mass is 32.2. The van der Waals surface area contributed by atoms with E-state index in [0.717, 1.165) is 22.5 Å². The van der Waals surface area contributed by atoms with Gasteiger partial charge in [-0.3, -0.25) is 9.10 Å². The number of halogens is 5. The third kappa shape index (κ3) is 5.14. The molecule has 3 aromatic rings. The van der Waals surface area contributed by atoms with Gasteiger partial charge in [0.05, 0.1) is 28.1 Å².